The minimum absolute atomic E-state index is 0.313. The molecule has 0 bridgehead atoms. The summed E-state index contributed by atoms with van der Waals surface area (Å²) in [6, 6.07) is 0. The Balaban J connectivity index is 3.69. The SMILES string of the molecule is CCCCCCCCC(CCC)CCCCCCCN(CCO)CCCCCCCC. The highest BCUT2D eigenvalue weighted by atomic mass is 16.3. The van der Waals surface area contributed by atoms with Crippen LogP contribution in [0, 0.1) is 5.92 Å². The number of aliphatic hydroxyl groups excluding tert-OH is 1. The Labute approximate surface area is 198 Å². The topological polar surface area (TPSA) is 23.5 Å². The molecule has 1 atom stereocenters. The Hall–Kier alpha value is -0.0800. The molecular formula is C29H61NO. The summed E-state index contributed by atoms with van der Waals surface area (Å²) in [5.41, 5.74) is 0. The van der Waals surface area contributed by atoms with Gasteiger partial charge in [-0.1, -0.05) is 143 Å². The van der Waals surface area contributed by atoms with Crippen LogP contribution < -0.4 is 0 Å². The molecule has 0 aromatic heterocycles. The molecule has 0 spiro atoms. The first-order valence-electron chi connectivity index (χ1n) is 14.6. The van der Waals surface area contributed by atoms with Crippen molar-refractivity contribution in [2.24, 2.45) is 5.92 Å². The number of aliphatic hydroxyl groups is 1. The average molecular weight is 440 g/mol. The van der Waals surface area contributed by atoms with Crippen LogP contribution in [0.25, 0.3) is 0 Å². The van der Waals surface area contributed by atoms with Gasteiger partial charge in [0.1, 0.15) is 0 Å². The Morgan fingerprint density at radius 1 is 0.452 bits per heavy atom. The van der Waals surface area contributed by atoms with Crippen LogP contribution in [0.1, 0.15) is 156 Å². The minimum atomic E-state index is 0.313. The Bertz CT molecular complexity index is 290. The standard InChI is InChI=1S/C29H61NO/c1-4-7-9-11-14-18-23-29(22-6-3)24-19-15-13-17-21-26-30(27-28-31)25-20-16-12-10-8-5-2/h29,31H,4-28H2,1-3H3. The third kappa shape index (κ3) is 22.9. The summed E-state index contributed by atoms with van der Waals surface area (Å²) >= 11 is 0. The van der Waals surface area contributed by atoms with Gasteiger partial charge in [0.05, 0.1) is 6.61 Å². The van der Waals surface area contributed by atoms with E-state index < -0.39 is 0 Å². The lowest BCUT2D eigenvalue weighted by Crippen LogP contribution is -2.29. The molecular weight excluding hydrogens is 378 g/mol. The van der Waals surface area contributed by atoms with Gasteiger partial charge in [0.2, 0.25) is 0 Å². The van der Waals surface area contributed by atoms with Crippen LogP contribution in [0.15, 0.2) is 0 Å². The van der Waals surface area contributed by atoms with Gasteiger partial charge in [-0.15, -0.1) is 0 Å². The maximum atomic E-state index is 9.35. The number of rotatable bonds is 26. The maximum absolute atomic E-state index is 9.35. The molecule has 1 N–H and O–H groups in total. The predicted octanol–water partition coefficient (Wildman–Crippen LogP) is 9.15. The van der Waals surface area contributed by atoms with Crippen molar-refractivity contribution in [2.45, 2.75) is 156 Å². The summed E-state index contributed by atoms with van der Waals surface area (Å²) in [6.45, 7) is 10.5. The quantitative estimate of drug-likeness (QED) is 0.136. The molecule has 0 saturated heterocycles. The smallest absolute Gasteiger partial charge is 0.0558 e. The molecule has 0 aliphatic carbocycles. The van der Waals surface area contributed by atoms with Crippen molar-refractivity contribution in [3.8, 4) is 0 Å². The van der Waals surface area contributed by atoms with Crippen LogP contribution in [-0.4, -0.2) is 36.2 Å². The zero-order valence-electron chi connectivity index (χ0n) is 22.1. The van der Waals surface area contributed by atoms with E-state index in [4.69, 9.17) is 0 Å². The second-order valence-electron chi connectivity index (χ2n) is 10.1. The lowest BCUT2D eigenvalue weighted by Gasteiger charge is -2.21. The van der Waals surface area contributed by atoms with Gasteiger partial charge in [0.25, 0.3) is 0 Å². The number of hydrogen-bond acceptors (Lipinski definition) is 2. The fourth-order valence-corrected chi connectivity index (χ4v) is 4.95. The first-order chi connectivity index (χ1) is 15.3. The monoisotopic (exact) mass is 439 g/mol. The van der Waals surface area contributed by atoms with Crippen LogP contribution in [0.2, 0.25) is 0 Å². The van der Waals surface area contributed by atoms with Gasteiger partial charge in [-0.3, -0.25) is 0 Å². The van der Waals surface area contributed by atoms with Gasteiger partial charge in [0, 0.05) is 6.54 Å². The molecule has 31 heavy (non-hydrogen) atoms. The van der Waals surface area contributed by atoms with Crippen LogP contribution in [0.5, 0.6) is 0 Å². The first kappa shape index (κ1) is 30.9. The molecule has 0 aromatic rings. The van der Waals surface area contributed by atoms with Gasteiger partial charge < -0.3 is 10.0 Å². The molecule has 188 valence electrons. The number of hydrogen-bond donors (Lipinski definition) is 1. The highest BCUT2D eigenvalue weighted by molar-refractivity contribution is 4.62. The van der Waals surface area contributed by atoms with Gasteiger partial charge in [0.15, 0.2) is 0 Å². The summed E-state index contributed by atoms with van der Waals surface area (Å²) < 4.78 is 0. The Morgan fingerprint density at radius 3 is 1.29 bits per heavy atom. The molecule has 2 heteroatoms. The summed E-state index contributed by atoms with van der Waals surface area (Å²) in [5.74, 6) is 0.994. The molecule has 0 radical (unpaired) electrons. The van der Waals surface area contributed by atoms with E-state index in [2.05, 4.69) is 25.7 Å². The fourth-order valence-electron chi connectivity index (χ4n) is 4.95. The molecule has 0 amide bonds. The zero-order valence-corrected chi connectivity index (χ0v) is 22.1. The van der Waals surface area contributed by atoms with Crippen molar-refractivity contribution >= 4 is 0 Å². The van der Waals surface area contributed by atoms with Crippen molar-refractivity contribution in [3.05, 3.63) is 0 Å². The van der Waals surface area contributed by atoms with E-state index in [1.165, 1.54) is 148 Å². The van der Waals surface area contributed by atoms with Crippen molar-refractivity contribution < 1.29 is 5.11 Å². The molecule has 1 unspecified atom stereocenters. The third-order valence-corrected chi connectivity index (χ3v) is 6.99. The summed E-state index contributed by atoms with van der Waals surface area (Å²) in [7, 11) is 0. The normalized spacial score (nSPS) is 12.7. The van der Waals surface area contributed by atoms with Crippen molar-refractivity contribution in [3.63, 3.8) is 0 Å². The largest absolute Gasteiger partial charge is 0.395 e. The molecule has 0 aliphatic rings. The van der Waals surface area contributed by atoms with E-state index in [1.807, 2.05) is 0 Å². The van der Waals surface area contributed by atoms with E-state index >= 15 is 0 Å². The zero-order chi connectivity index (χ0) is 22.8. The number of nitrogens with zero attached hydrogens (tertiary/aromatic N) is 1. The van der Waals surface area contributed by atoms with E-state index in [1.54, 1.807) is 0 Å². The lowest BCUT2D eigenvalue weighted by atomic mass is 9.90. The van der Waals surface area contributed by atoms with Gasteiger partial charge in [-0.05, 0) is 31.8 Å². The fraction of sp³-hybridized carbons (Fsp3) is 1.00. The predicted molar refractivity (Wildman–Crippen MR) is 141 cm³/mol. The summed E-state index contributed by atoms with van der Waals surface area (Å²) in [6.07, 6.45) is 29.5. The third-order valence-electron chi connectivity index (χ3n) is 6.99. The molecule has 0 heterocycles. The van der Waals surface area contributed by atoms with Crippen molar-refractivity contribution in [2.75, 3.05) is 26.2 Å². The van der Waals surface area contributed by atoms with Crippen LogP contribution in [0.4, 0.5) is 0 Å². The van der Waals surface area contributed by atoms with Crippen LogP contribution in [0.3, 0.4) is 0 Å². The Morgan fingerprint density at radius 2 is 0.871 bits per heavy atom. The number of unbranched alkanes of at least 4 members (excludes halogenated alkanes) is 14. The maximum Gasteiger partial charge on any atom is 0.0558 e. The highest BCUT2D eigenvalue weighted by Gasteiger charge is 2.08. The van der Waals surface area contributed by atoms with Gasteiger partial charge >= 0.3 is 0 Å². The molecule has 0 fully saturated rings. The Kier molecular flexibility index (Phi) is 26.1. The molecule has 0 rings (SSSR count). The molecule has 0 saturated carbocycles. The van der Waals surface area contributed by atoms with E-state index in [0.717, 1.165) is 12.5 Å². The minimum Gasteiger partial charge on any atom is -0.395 e. The van der Waals surface area contributed by atoms with Crippen LogP contribution in [-0.2, 0) is 0 Å². The molecule has 0 aromatic carbocycles. The average Bonchev–Trinajstić information content (AvgIpc) is 2.77. The molecule has 2 nitrogen and oxygen atoms in total. The summed E-state index contributed by atoms with van der Waals surface area (Å²) in [5, 5.41) is 9.35. The van der Waals surface area contributed by atoms with E-state index in [0.29, 0.717) is 6.61 Å². The lowest BCUT2D eigenvalue weighted by molar-refractivity contribution is 0.190. The second kappa shape index (κ2) is 26.2. The highest BCUT2D eigenvalue weighted by Crippen LogP contribution is 2.23. The first-order valence-corrected chi connectivity index (χ1v) is 14.6. The second-order valence-corrected chi connectivity index (χ2v) is 10.1. The van der Waals surface area contributed by atoms with Gasteiger partial charge in [-0.25, -0.2) is 0 Å². The van der Waals surface area contributed by atoms with E-state index in [-0.39, 0.29) is 0 Å². The van der Waals surface area contributed by atoms with Crippen molar-refractivity contribution in [1.29, 1.82) is 0 Å². The van der Waals surface area contributed by atoms with E-state index in [9.17, 15) is 5.11 Å². The molecule has 0 aliphatic heterocycles. The van der Waals surface area contributed by atoms with Gasteiger partial charge in [-0.2, -0.15) is 0 Å². The van der Waals surface area contributed by atoms with Crippen molar-refractivity contribution in [1.82, 2.24) is 4.90 Å². The summed E-state index contributed by atoms with van der Waals surface area (Å²) in [4.78, 5) is 2.50. The van der Waals surface area contributed by atoms with Crippen LogP contribution >= 0.6 is 0 Å².